The maximum absolute atomic E-state index is 10.9. The van der Waals surface area contributed by atoms with Gasteiger partial charge in [0.25, 0.3) is 5.91 Å². The van der Waals surface area contributed by atoms with Gasteiger partial charge in [0.05, 0.1) is 12.0 Å². The van der Waals surface area contributed by atoms with Crippen molar-refractivity contribution < 1.29 is 14.7 Å². The molecule has 13 heavy (non-hydrogen) atoms. The van der Waals surface area contributed by atoms with E-state index in [1.807, 2.05) is 5.92 Å². The summed E-state index contributed by atoms with van der Waals surface area (Å²) in [5, 5.41) is 11.2. The first-order valence-corrected chi connectivity index (χ1v) is 4.08. The van der Waals surface area contributed by atoms with E-state index in [-0.39, 0.29) is 6.42 Å². The first-order valence-electron chi connectivity index (χ1n) is 4.08. The highest BCUT2D eigenvalue weighted by Crippen LogP contribution is 2.34. The average molecular weight is 181 g/mol. The number of carbonyl (C=O) groups is 2. The molecule has 1 rings (SSSR count). The SMILES string of the molecule is C#CC(=O)NC1(CC(=O)O)CCC1. The predicted molar refractivity (Wildman–Crippen MR) is 45.8 cm³/mol. The molecule has 1 aliphatic carbocycles. The molecule has 0 atom stereocenters. The Morgan fingerprint density at radius 2 is 2.15 bits per heavy atom. The van der Waals surface area contributed by atoms with Gasteiger partial charge in [0, 0.05) is 0 Å². The number of carboxylic acids is 1. The third-order valence-electron chi connectivity index (χ3n) is 2.31. The Balaban J connectivity index is 2.55. The van der Waals surface area contributed by atoms with Crippen molar-refractivity contribution in [2.45, 2.75) is 31.2 Å². The van der Waals surface area contributed by atoms with Gasteiger partial charge in [-0.05, 0) is 25.2 Å². The first-order chi connectivity index (χ1) is 6.08. The zero-order chi connectivity index (χ0) is 9.90. The van der Waals surface area contributed by atoms with Gasteiger partial charge in [-0.2, -0.15) is 0 Å². The van der Waals surface area contributed by atoms with Gasteiger partial charge >= 0.3 is 5.97 Å². The molecule has 0 saturated heterocycles. The van der Waals surface area contributed by atoms with Crippen molar-refractivity contribution in [3.8, 4) is 12.3 Å². The van der Waals surface area contributed by atoms with Gasteiger partial charge < -0.3 is 10.4 Å². The molecular weight excluding hydrogens is 170 g/mol. The summed E-state index contributed by atoms with van der Waals surface area (Å²) in [7, 11) is 0. The molecule has 2 N–H and O–H groups in total. The maximum atomic E-state index is 10.9. The van der Waals surface area contributed by atoms with Crippen LogP contribution in [0.3, 0.4) is 0 Å². The lowest BCUT2D eigenvalue weighted by Gasteiger charge is -2.40. The monoisotopic (exact) mass is 181 g/mol. The number of carboxylic acid groups (broad SMARTS) is 1. The van der Waals surface area contributed by atoms with Gasteiger partial charge in [-0.25, -0.2) is 0 Å². The second-order valence-corrected chi connectivity index (χ2v) is 3.30. The summed E-state index contributed by atoms with van der Waals surface area (Å²) < 4.78 is 0. The molecular formula is C9H11NO3. The van der Waals surface area contributed by atoms with Crippen LogP contribution in [-0.2, 0) is 9.59 Å². The highest BCUT2D eigenvalue weighted by Gasteiger charge is 2.39. The summed E-state index contributed by atoms with van der Waals surface area (Å²) in [6.07, 6.45) is 7.18. The fourth-order valence-corrected chi connectivity index (χ4v) is 1.52. The van der Waals surface area contributed by atoms with Crippen LogP contribution in [-0.4, -0.2) is 22.5 Å². The van der Waals surface area contributed by atoms with Crippen molar-refractivity contribution in [3.63, 3.8) is 0 Å². The van der Waals surface area contributed by atoms with Crippen LogP contribution in [0.25, 0.3) is 0 Å². The van der Waals surface area contributed by atoms with E-state index in [9.17, 15) is 9.59 Å². The molecule has 4 nitrogen and oxygen atoms in total. The normalized spacial score (nSPS) is 18.1. The van der Waals surface area contributed by atoms with Crippen LogP contribution in [0, 0.1) is 12.3 Å². The third kappa shape index (κ3) is 2.22. The molecule has 0 unspecified atom stereocenters. The highest BCUT2D eigenvalue weighted by molar-refractivity contribution is 5.93. The predicted octanol–water partition coefficient (Wildman–Crippen LogP) is 0.133. The number of rotatable bonds is 3. The molecule has 1 aliphatic rings. The lowest BCUT2D eigenvalue weighted by atomic mass is 9.74. The number of carbonyl (C=O) groups excluding carboxylic acids is 1. The second-order valence-electron chi connectivity index (χ2n) is 3.30. The van der Waals surface area contributed by atoms with Gasteiger partial charge in [-0.3, -0.25) is 9.59 Å². The second kappa shape index (κ2) is 3.48. The molecule has 1 amide bonds. The van der Waals surface area contributed by atoms with Crippen molar-refractivity contribution in [2.24, 2.45) is 0 Å². The number of amides is 1. The zero-order valence-corrected chi connectivity index (χ0v) is 7.17. The molecule has 0 heterocycles. The minimum atomic E-state index is -0.906. The smallest absolute Gasteiger partial charge is 0.305 e. The van der Waals surface area contributed by atoms with E-state index >= 15 is 0 Å². The van der Waals surface area contributed by atoms with Crippen LogP contribution in [0.15, 0.2) is 0 Å². The quantitative estimate of drug-likeness (QED) is 0.608. The Kier molecular flexibility index (Phi) is 2.57. The van der Waals surface area contributed by atoms with Crippen molar-refractivity contribution in [3.05, 3.63) is 0 Å². The number of terminal acetylenes is 1. The minimum absolute atomic E-state index is 0.0413. The molecule has 0 spiro atoms. The van der Waals surface area contributed by atoms with E-state index in [0.717, 1.165) is 6.42 Å². The number of hydrogen-bond acceptors (Lipinski definition) is 2. The highest BCUT2D eigenvalue weighted by atomic mass is 16.4. The number of hydrogen-bond donors (Lipinski definition) is 2. The van der Waals surface area contributed by atoms with Crippen LogP contribution >= 0.6 is 0 Å². The fraction of sp³-hybridized carbons (Fsp3) is 0.556. The van der Waals surface area contributed by atoms with Crippen molar-refractivity contribution >= 4 is 11.9 Å². The number of nitrogens with one attached hydrogen (secondary N) is 1. The first kappa shape index (κ1) is 9.59. The minimum Gasteiger partial charge on any atom is -0.481 e. The summed E-state index contributed by atoms with van der Waals surface area (Å²) >= 11 is 0. The van der Waals surface area contributed by atoms with Gasteiger partial charge in [-0.1, -0.05) is 0 Å². The van der Waals surface area contributed by atoms with Crippen molar-refractivity contribution in [1.29, 1.82) is 0 Å². The molecule has 0 bridgehead atoms. The Labute approximate surface area is 76.3 Å². The lowest BCUT2D eigenvalue weighted by molar-refractivity contribution is -0.140. The summed E-state index contributed by atoms with van der Waals surface area (Å²) in [5.74, 6) is 0.487. The lowest BCUT2D eigenvalue weighted by Crippen LogP contribution is -2.54. The average Bonchev–Trinajstić information content (AvgIpc) is 1.99. The zero-order valence-electron chi connectivity index (χ0n) is 7.17. The standard InChI is InChI=1S/C9H11NO3/c1-2-7(11)10-9(4-3-5-9)6-8(12)13/h1H,3-6H2,(H,10,11)(H,12,13). The van der Waals surface area contributed by atoms with Crippen LogP contribution in [0.4, 0.5) is 0 Å². The summed E-state index contributed by atoms with van der Waals surface area (Å²) in [6.45, 7) is 0. The van der Waals surface area contributed by atoms with Crippen molar-refractivity contribution in [1.82, 2.24) is 5.32 Å². The number of aliphatic carboxylic acids is 1. The topological polar surface area (TPSA) is 66.4 Å². The summed E-state index contributed by atoms with van der Waals surface area (Å²) in [4.78, 5) is 21.3. The molecule has 70 valence electrons. The van der Waals surface area contributed by atoms with E-state index < -0.39 is 17.4 Å². The Bertz CT molecular complexity index is 273. The molecule has 0 radical (unpaired) electrons. The van der Waals surface area contributed by atoms with E-state index in [0.29, 0.717) is 12.8 Å². The molecule has 0 aromatic heterocycles. The van der Waals surface area contributed by atoms with Crippen LogP contribution in [0.5, 0.6) is 0 Å². The van der Waals surface area contributed by atoms with E-state index in [1.54, 1.807) is 0 Å². The van der Waals surface area contributed by atoms with Crippen LogP contribution in [0.1, 0.15) is 25.7 Å². The molecule has 0 aliphatic heterocycles. The van der Waals surface area contributed by atoms with Gasteiger partial charge in [0.15, 0.2) is 0 Å². The largest absolute Gasteiger partial charge is 0.481 e. The Morgan fingerprint density at radius 1 is 1.54 bits per heavy atom. The Hall–Kier alpha value is -1.50. The maximum Gasteiger partial charge on any atom is 0.305 e. The van der Waals surface area contributed by atoms with E-state index in [1.165, 1.54) is 0 Å². The summed E-state index contributed by atoms with van der Waals surface area (Å²) in [6, 6.07) is 0. The van der Waals surface area contributed by atoms with Gasteiger partial charge in [0.2, 0.25) is 0 Å². The van der Waals surface area contributed by atoms with Crippen LogP contribution < -0.4 is 5.32 Å². The van der Waals surface area contributed by atoms with Gasteiger partial charge in [-0.15, -0.1) is 6.42 Å². The third-order valence-corrected chi connectivity index (χ3v) is 2.31. The Morgan fingerprint density at radius 3 is 2.46 bits per heavy atom. The summed E-state index contributed by atoms with van der Waals surface area (Å²) in [5.41, 5.74) is -0.574. The fourth-order valence-electron chi connectivity index (χ4n) is 1.52. The molecule has 4 heteroatoms. The van der Waals surface area contributed by atoms with Gasteiger partial charge in [0.1, 0.15) is 0 Å². The molecule has 0 aromatic carbocycles. The molecule has 1 saturated carbocycles. The van der Waals surface area contributed by atoms with E-state index in [2.05, 4.69) is 5.32 Å². The molecule has 0 aromatic rings. The van der Waals surface area contributed by atoms with E-state index in [4.69, 9.17) is 11.5 Å². The van der Waals surface area contributed by atoms with Crippen molar-refractivity contribution in [2.75, 3.05) is 0 Å². The van der Waals surface area contributed by atoms with Crippen LogP contribution in [0.2, 0.25) is 0 Å². The molecule has 1 fully saturated rings.